The van der Waals surface area contributed by atoms with E-state index in [9.17, 15) is 9.59 Å². The predicted octanol–water partition coefficient (Wildman–Crippen LogP) is 1.02. The van der Waals surface area contributed by atoms with Gasteiger partial charge in [0.15, 0.2) is 0 Å². The fourth-order valence-corrected chi connectivity index (χ4v) is 1.19. The Hall–Kier alpha value is -2.35. The molecular formula is C12H13N3O2. The minimum absolute atomic E-state index is 0.323. The van der Waals surface area contributed by atoms with Crippen molar-refractivity contribution in [3.05, 3.63) is 29.8 Å². The lowest BCUT2D eigenvalue weighted by atomic mass is 10.2. The van der Waals surface area contributed by atoms with Gasteiger partial charge in [-0.2, -0.15) is 5.26 Å². The predicted molar refractivity (Wildman–Crippen MR) is 63.1 cm³/mol. The third-order valence-corrected chi connectivity index (χ3v) is 2.04. The van der Waals surface area contributed by atoms with Crippen molar-refractivity contribution in [1.29, 1.82) is 5.26 Å². The molecule has 0 heterocycles. The molecule has 5 nitrogen and oxygen atoms in total. The van der Waals surface area contributed by atoms with Crippen molar-refractivity contribution in [1.82, 2.24) is 5.32 Å². The first-order valence-corrected chi connectivity index (χ1v) is 5.27. The summed E-state index contributed by atoms with van der Waals surface area (Å²) in [6.45, 7) is 2.34. The van der Waals surface area contributed by atoms with Crippen LogP contribution in [0.15, 0.2) is 24.3 Å². The van der Waals surface area contributed by atoms with Gasteiger partial charge in [-0.1, -0.05) is 19.1 Å². The van der Waals surface area contributed by atoms with Gasteiger partial charge in [0.2, 0.25) is 0 Å². The Balaban J connectivity index is 2.68. The van der Waals surface area contributed by atoms with Crippen LogP contribution in [0.4, 0.5) is 5.69 Å². The topological polar surface area (TPSA) is 82.0 Å². The molecule has 88 valence electrons. The van der Waals surface area contributed by atoms with Crippen molar-refractivity contribution in [3.8, 4) is 6.07 Å². The van der Waals surface area contributed by atoms with Crippen molar-refractivity contribution < 1.29 is 9.59 Å². The van der Waals surface area contributed by atoms with Crippen LogP contribution in [-0.2, 0) is 9.59 Å². The Morgan fingerprint density at radius 2 is 2.00 bits per heavy atom. The lowest BCUT2D eigenvalue weighted by molar-refractivity contribution is -0.136. The minimum atomic E-state index is -0.763. The number of nitrogens with one attached hydrogen (secondary N) is 2. The van der Waals surface area contributed by atoms with E-state index in [1.807, 2.05) is 13.0 Å². The number of anilines is 1. The summed E-state index contributed by atoms with van der Waals surface area (Å²) in [5.41, 5.74) is 0.663. The lowest BCUT2D eigenvalue weighted by Gasteiger charge is -2.06. The van der Waals surface area contributed by atoms with E-state index < -0.39 is 11.8 Å². The highest BCUT2D eigenvalue weighted by Gasteiger charge is 2.13. The van der Waals surface area contributed by atoms with Gasteiger partial charge in [-0.15, -0.1) is 0 Å². The fourth-order valence-electron chi connectivity index (χ4n) is 1.19. The molecule has 0 aromatic heterocycles. The summed E-state index contributed by atoms with van der Waals surface area (Å²) in [6, 6.07) is 8.45. The van der Waals surface area contributed by atoms with E-state index in [2.05, 4.69) is 10.6 Å². The molecule has 17 heavy (non-hydrogen) atoms. The van der Waals surface area contributed by atoms with E-state index in [-0.39, 0.29) is 0 Å². The smallest absolute Gasteiger partial charge is 0.313 e. The molecule has 0 spiro atoms. The number of hydrogen-bond acceptors (Lipinski definition) is 3. The van der Waals surface area contributed by atoms with Crippen molar-refractivity contribution in [2.24, 2.45) is 0 Å². The van der Waals surface area contributed by atoms with Crippen LogP contribution in [0.25, 0.3) is 0 Å². The second kappa shape index (κ2) is 6.28. The number of carbonyl (C=O) groups excluding carboxylic acids is 2. The number of amides is 2. The van der Waals surface area contributed by atoms with E-state index in [0.717, 1.165) is 6.42 Å². The van der Waals surface area contributed by atoms with Gasteiger partial charge in [0.05, 0.1) is 11.3 Å². The number of hydrogen-bond donors (Lipinski definition) is 2. The highest BCUT2D eigenvalue weighted by Crippen LogP contribution is 2.12. The summed E-state index contributed by atoms with van der Waals surface area (Å²) in [6.07, 6.45) is 0.758. The standard InChI is InChI=1S/C12H13N3O2/c1-2-7-14-11(16)12(17)15-10-6-4-3-5-9(10)8-13/h3-6H,2,7H2,1H3,(H,14,16)(H,15,17). The Morgan fingerprint density at radius 1 is 1.29 bits per heavy atom. The quantitative estimate of drug-likeness (QED) is 0.762. The summed E-state index contributed by atoms with van der Waals surface area (Å²) in [5.74, 6) is -1.46. The normalized spacial score (nSPS) is 9.18. The number of benzene rings is 1. The van der Waals surface area contributed by atoms with Gasteiger partial charge in [0, 0.05) is 6.54 Å². The Bertz CT molecular complexity index is 463. The highest BCUT2D eigenvalue weighted by molar-refractivity contribution is 6.39. The molecule has 0 bridgehead atoms. The van der Waals surface area contributed by atoms with Gasteiger partial charge in [0.1, 0.15) is 6.07 Å². The molecule has 0 radical (unpaired) electrons. The van der Waals surface area contributed by atoms with Crippen molar-refractivity contribution in [3.63, 3.8) is 0 Å². The average Bonchev–Trinajstić information content (AvgIpc) is 2.36. The average molecular weight is 231 g/mol. The number of nitriles is 1. The zero-order chi connectivity index (χ0) is 12.7. The maximum Gasteiger partial charge on any atom is 0.313 e. The summed E-state index contributed by atoms with van der Waals surface area (Å²) in [5, 5.41) is 13.7. The van der Waals surface area contributed by atoms with Crippen LogP contribution < -0.4 is 10.6 Å². The molecule has 2 N–H and O–H groups in total. The molecule has 0 aliphatic carbocycles. The molecular weight excluding hydrogens is 218 g/mol. The second-order valence-corrected chi connectivity index (χ2v) is 3.37. The monoisotopic (exact) mass is 231 g/mol. The lowest BCUT2D eigenvalue weighted by Crippen LogP contribution is -2.35. The molecule has 0 fully saturated rings. The van der Waals surface area contributed by atoms with Gasteiger partial charge in [0.25, 0.3) is 0 Å². The molecule has 2 amide bonds. The first-order chi connectivity index (χ1) is 8.19. The van der Waals surface area contributed by atoms with Crippen molar-refractivity contribution in [2.75, 3.05) is 11.9 Å². The number of nitrogens with zero attached hydrogens (tertiary/aromatic N) is 1. The summed E-state index contributed by atoms with van der Waals surface area (Å²) < 4.78 is 0. The van der Waals surface area contributed by atoms with E-state index in [4.69, 9.17) is 5.26 Å². The van der Waals surface area contributed by atoms with Crippen LogP contribution in [-0.4, -0.2) is 18.4 Å². The first kappa shape index (κ1) is 12.7. The van der Waals surface area contributed by atoms with E-state index in [1.165, 1.54) is 0 Å². The van der Waals surface area contributed by atoms with Crippen LogP contribution in [0.2, 0.25) is 0 Å². The number of para-hydroxylation sites is 1. The van der Waals surface area contributed by atoms with E-state index in [0.29, 0.717) is 17.8 Å². The van der Waals surface area contributed by atoms with Gasteiger partial charge < -0.3 is 10.6 Å². The van der Waals surface area contributed by atoms with E-state index >= 15 is 0 Å². The first-order valence-electron chi connectivity index (χ1n) is 5.27. The van der Waals surface area contributed by atoms with Gasteiger partial charge in [-0.3, -0.25) is 9.59 Å². The Kier molecular flexibility index (Phi) is 4.70. The molecule has 1 aromatic rings. The fraction of sp³-hybridized carbons (Fsp3) is 0.250. The highest BCUT2D eigenvalue weighted by atomic mass is 16.2. The largest absolute Gasteiger partial charge is 0.348 e. The molecule has 5 heteroatoms. The van der Waals surface area contributed by atoms with Crippen molar-refractivity contribution >= 4 is 17.5 Å². The third-order valence-electron chi connectivity index (χ3n) is 2.04. The summed E-state index contributed by atoms with van der Waals surface area (Å²) >= 11 is 0. The SMILES string of the molecule is CCCNC(=O)C(=O)Nc1ccccc1C#N. The summed E-state index contributed by atoms with van der Waals surface area (Å²) in [4.78, 5) is 22.8. The molecule has 0 aliphatic rings. The van der Waals surface area contributed by atoms with Crippen LogP contribution in [0.1, 0.15) is 18.9 Å². The van der Waals surface area contributed by atoms with Crippen molar-refractivity contribution in [2.45, 2.75) is 13.3 Å². The Morgan fingerprint density at radius 3 is 2.65 bits per heavy atom. The molecule has 0 saturated heterocycles. The Labute approximate surface area is 99.4 Å². The maximum atomic E-state index is 11.5. The molecule has 0 aliphatic heterocycles. The van der Waals surface area contributed by atoms with Crippen LogP contribution in [0.5, 0.6) is 0 Å². The van der Waals surface area contributed by atoms with Gasteiger partial charge in [-0.05, 0) is 18.6 Å². The van der Waals surface area contributed by atoms with Crippen LogP contribution in [0.3, 0.4) is 0 Å². The third kappa shape index (κ3) is 3.61. The van der Waals surface area contributed by atoms with Gasteiger partial charge >= 0.3 is 11.8 Å². The zero-order valence-corrected chi connectivity index (χ0v) is 9.49. The number of rotatable bonds is 3. The zero-order valence-electron chi connectivity index (χ0n) is 9.49. The molecule has 0 atom stereocenters. The maximum absolute atomic E-state index is 11.5. The molecule has 0 saturated carbocycles. The van der Waals surface area contributed by atoms with Crippen LogP contribution >= 0.6 is 0 Å². The number of carbonyl (C=O) groups is 2. The van der Waals surface area contributed by atoms with E-state index in [1.54, 1.807) is 24.3 Å². The van der Waals surface area contributed by atoms with Crippen LogP contribution in [0, 0.1) is 11.3 Å². The summed E-state index contributed by atoms with van der Waals surface area (Å²) in [7, 11) is 0. The molecule has 1 aromatic carbocycles. The van der Waals surface area contributed by atoms with Gasteiger partial charge in [-0.25, -0.2) is 0 Å². The molecule has 0 unspecified atom stereocenters. The molecule has 1 rings (SSSR count). The minimum Gasteiger partial charge on any atom is -0.348 e. The second-order valence-electron chi connectivity index (χ2n) is 3.37.